The van der Waals surface area contributed by atoms with Crippen LogP contribution in [-0.2, 0) is 0 Å². The standard InChI is InChI=1S/C6H10FN/c7-5-3-6(1-2-6)4-8-5/h5,8H,1-4H2. The summed E-state index contributed by atoms with van der Waals surface area (Å²) in [5, 5.41) is 2.81. The molecule has 1 unspecified atom stereocenters. The Hall–Kier alpha value is -0.110. The van der Waals surface area contributed by atoms with E-state index in [1.807, 2.05) is 0 Å². The van der Waals surface area contributed by atoms with Crippen molar-refractivity contribution in [2.45, 2.75) is 25.6 Å². The van der Waals surface area contributed by atoms with Crippen LogP contribution in [0.5, 0.6) is 0 Å². The van der Waals surface area contributed by atoms with Gasteiger partial charge >= 0.3 is 0 Å². The quantitative estimate of drug-likeness (QED) is 0.465. The number of hydrogen-bond donors (Lipinski definition) is 1. The Morgan fingerprint density at radius 2 is 2.25 bits per heavy atom. The molecule has 2 fully saturated rings. The summed E-state index contributed by atoms with van der Waals surface area (Å²) >= 11 is 0. The lowest BCUT2D eigenvalue weighted by Gasteiger charge is -1.97. The molecule has 0 aromatic carbocycles. The van der Waals surface area contributed by atoms with Gasteiger partial charge in [0.2, 0.25) is 0 Å². The van der Waals surface area contributed by atoms with E-state index < -0.39 is 6.30 Å². The van der Waals surface area contributed by atoms with Crippen LogP contribution >= 0.6 is 0 Å². The highest BCUT2D eigenvalue weighted by atomic mass is 19.1. The van der Waals surface area contributed by atoms with E-state index >= 15 is 0 Å². The lowest BCUT2D eigenvalue weighted by molar-refractivity contribution is 0.301. The van der Waals surface area contributed by atoms with Gasteiger partial charge in [-0.25, -0.2) is 4.39 Å². The lowest BCUT2D eigenvalue weighted by atomic mass is 10.1. The maximum absolute atomic E-state index is 12.3. The van der Waals surface area contributed by atoms with Crippen molar-refractivity contribution in [3.05, 3.63) is 0 Å². The molecule has 1 N–H and O–H groups in total. The minimum Gasteiger partial charge on any atom is -0.287 e. The maximum Gasteiger partial charge on any atom is 0.151 e. The highest BCUT2D eigenvalue weighted by molar-refractivity contribution is 5.00. The molecule has 0 aromatic rings. The van der Waals surface area contributed by atoms with Crippen molar-refractivity contribution in [1.29, 1.82) is 0 Å². The molecular formula is C6H10FN. The van der Waals surface area contributed by atoms with E-state index in [1.165, 1.54) is 12.8 Å². The summed E-state index contributed by atoms with van der Waals surface area (Å²) in [6.45, 7) is 0.925. The second-order valence-corrected chi connectivity index (χ2v) is 3.05. The number of rotatable bonds is 0. The van der Waals surface area contributed by atoms with Gasteiger partial charge in [-0.05, 0) is 24.7 Å². The fourth-order valence-corrected chi connectivity index (χ4v) is 1.41. The average Bonchev–Trinajstić information content (AvgIpc) is 2.34. The van der Waals surface area contributed by atoms with Gasteiger partial charge in [-0.15, -0.1) is 0 Å². The molecule has 0 bridgehead atoms. The van der Waals surface area contributed by atoms with Gasteiger partial charge in [-0.1, -0.05) is 0 Å². The molecule has 1 aliphatic carbocycles. The second kappa shape index (κ2) is 1.24. The Bertz CT molecular complexity index is 109. The first kappa shape index (κ1) is 4.74. The molecule has 1 spiro atoms. The zero-order valence-corrected chi connectivity index (χ0v) is 4.78. The van der Waals surface area contributed by atoms with E-state index in [0.717, 1.165) is 13.0 Å². The minimum absolute atomic E-state index is 0.430. The third kappa shape index (κ3) is 0.558. The zero-order valence-electron chi connectivity index (χ0n) is 4.78. The van der Waals surface area contributed by atoms with Crippen LogP contribution in [0.4, 0.5) is 4.39 Å². The van der Waals surface area contributed by atoms with E-state index in [0.29, 0.717) is 5.41 Å². The molecule has 1 aliphatic heterocycles. The lowest BCUT2D eigenvalue weighted by Crippen LogP contribution is -2.15. The van der Waals surface area contributed by atoms with Gasteiger partial charge in [0.15, 0.2) is 6.30 Å². The Balaban J connectivity index is 2.03. The first-order valence-electron chi connectivity index (χ1n) is 3.18. The van der Waals surface area contributed by atoms with E-state index in [1.54, 1.807) is 0 Å². The molecule has 1 nitrogen and oxygen atoms in total. The van der Waals surface area contributed by atoms with E-state index in [9.17, 15) is 4.39 Å². The van der Waals surface area contributed by atoms with Crippen LogP contribution in [0.1, 0.15) is 19.3 Å². The minimum atomic E-state index is -0.697. The molecule has 2 heteroatoms. The van der Waals surface area contributed by atoms with Gasteiger partial charge in [0, 0.05) is 6.54 Å². The number of halogens is 1. The highest BCUT2D eigenvalue weighted by Crippen LogP contribution is 2.51. The molecule has 0 aromatic heterocycles. The van der Waals surface area contributed by atoms with Crippen molar-refractivity contribution in [2.24, 2.45) is 5.41 Å². The van der Waals surface area contributed by atoms with Gasteiger partial charge in [-0.2, -0.15) is 0 Å². The summed E-state index contributed by atoms with van der Waals surface area (Å²) < 4.78 is 12.3. The normalized spacial score (nSPS) is 40.9. The molecule has 0 radical (unpaired) electrons. The molecule has 1 atom stereocenters. The van der Waals surface area contributed by atoms with Crippen molar-refractivity contribution in [3.63, 3.8) is 0 Å². The van der Waals surface area contributed by atoms with Gasteiger partial charge < -0.3 is 0 Å². The van der Waals surface area contributed by atoms with Crippen LogP contribution in [0, 0.1) is 5.41 Å². The summed E-state index contributed by atoms with van der Waals surface area (Å²) in [7, 11) is 0. The van der Waals surface area contributed by atoms with Crippen molar-refractivity contribution >= 4 is 0 Å². The molecule has 1 saturated heterocycles. The Morgan fingerprint density at radius 3 is 2.50 bits per heavy atom. The van der Waals surface area contributed by atoms with Gasteiger partial charge in [0.05, 0.1) is 0 Å². The molecule has 1 saturated carbocycles. The van der Waals surface area contributed by atoms with Gasteiger partial charge in [-0.3, -0.25) is 5.32 Å². The van der Waals surface area contributed by atoms with Crippen LogP contribution in [0.3, 0.4) is 0 Å². The first-order valence-corrected chi connectivity index (χ1v) is 3.18. The van der Waals surface area contributed by atoms with Crippen LogP contribution in [0.2, 0.25) is 0 Å². The summed E-state index contributed by atoms with van der Waals surface area (Å²) in [4.78, 5) is 0. The smallest absolute Gasteiger partial charge is 0.151 e. The second-order valence-electron chi connectivity index (χ2n) is 3.05. The number of hydrogen-bond acceptors (Lipinski definition) is 1. The number of alkyl halides is 1. The maximum atomic E-state index is 12.3. The third-order valence-corrected chi connectivity index (χ3v) is 2.27. The largest absolute Gasteiger partial charge is 0.287 e. The van der Waals surface area contributed by atoms with Crippen LogP contribution in [0.15, 0.2) is 0 Å². The van der Waals surface area contributed by atoms with E-state index in [-0.39, 0.29) is 0 Å². The fourth-order valence-electron chi connectivity index (χ4n) is 1.41. The van der Waals surface area contributed by atoms with Crippen molar-refractivity contribution in [2.75, 3.05) is 6.54 Å². The molecule has 2 rings (SSSR count). The van der Waals surface area contributed by atoms with Crippen molar-refractivity contribution < 1.29 is 4.39 Å². The third-order valence-electron chi connectivity index (χ3n) is 2.27. The first-order chi connectivity index (χ1) is 3.81. The van der Waals surface area contributed by atoms with Gasteiger partial charge in [0.25, 0.3) is 0 Å². The summed E-state index contributed by atoms with van der Waals surface area (Å²) in [6.07, 6.45) is 2.57. The average molecular weight is 115 g/mol. The summed E-state index contributed by atoms with van der Waals surface area (Å²) in [5.74, 6) is 0. The van der Waals surface area contributed by atoms with Crippen molar-refractivity contribution in [3.8, 4) is 0 Å². The molecule has 1 heterocycles. The topological polar surface area (TPSA) is 12.0 Å². The molecule has 46 valence electrons. The number of nitrogens with one attached hydrogen (secondary N) is 1. The summed E-state index contributed by atoms with van der Waals surface area (Å²) in [5.41, 5.74) is 0.430. The Morgan fingerprint density at radius 1 is 1.50 bits per heavy atom. The molecular weight excluding hydrogens is 105 g/mol. The van der Waals surface area contributed by atoms with Crippen LogP contribution in [-0.4, -0.2) is 12.8 Å². The SMILES string of the molecule is FC1CC2(CC2)CN1. The van der Waals surface area contributed by atoms with Crippen molar-refractivity contribution in [1.82, 2.24) is 5.32 Å². The van der Waals surface area contributed by atoms with E-state index in [4.69, 9.17) is 0 Å². The fraction of sp³-hybridized carbons (Fsp3) is 1.00. The molecule has 2 aliphatic rings. The predicted molar refractivity (Wildman–Crippen MR) is 29.2 cm³/mol. The van der Waals surface area contributed by atoms with Gasteiger partial charge in [0.1, 0.15) is 0 Å². The molecule has 8 heavy (non-hydrogen) atoms. The van der Waals surface area contributed by atoms with E-state index in [2.05, 4.69) is 5.32 Å². The zero-order chi connectivity index (χ0) is 5.61. The summed E-state index contributed by atoms with van der Waals surface area (Å²) in [6, 6.07) is 0. The highest BCUT2D eigenvalue weighted by Gasteiger charge is 2.48. The van der Waals surface area contributed by atoms with Crippen LogP contribution < -0.4 is 5.32 Å². The monoisotopic (exact) mass is 115 g/mol. The predicted octanol–water partition coefficient (Wildman–Crippen LogP) is 1.06. The van der Waals surface area contributed by atoms with Crippen LogP contribution in [0.25, 0.3) is 0 Å². The Labute approximate surface area is 48.3 Å². The molecule has 0 amide bonds. The Kier molecular flexibility index (Phi) is 0.734.